The minimum atomic E-state index is -0.356. The molecule has 0 bridgehead atoms. The molecule has 0 fully saturated rings. The number of aryl methyl sites for hydroxylation is 2. The lowest BCUT2D eigenvalue weighted by Crippen LogP contribution is -2.28. The largest absolute Gasteiger partial charge is 0.468 e. The monoisotopic (exact) mass is 222 g/mol. The van der Waals surface area contributed by atoms with E-state index < -0.39 is 0 Å². The molecule has 6 nitrogen and oxygen atoms in total. The minimum Gasteiger partial charge on any atom is -0.468 e. The Bertz CT molecular complexity index is 444. The summed E-state index contributed by atoms with van der Waals surface area (Å²) in [7, 11) is 4.78. The molecule has 0 aliphatic heterocycles. The number of aromatic nitrogens is 2. The van der Waals surface area contributed by atoms with Gasteiger partial charge in [-0.3, -0.25) is 9.48 Å². The number of nitriles is 1. The van der Waals surface area contributed by atoms with Crippen LogP contribution in [-0.4, -0.2) is 36.5 Å². The molecule has 0 aliphatic rings. The second-order valence-corrected chi connectivity index (χ2v) is 3.45. The van der Waals surface area contributed by atoms with E-state index in [2.05, 4.69) is 15.9 Å². The first-order valence-corrected chi connectivity index (χ1v) is 4.73. The minimum absolute atomic E-state index is 0.0875. The third-order valence-corrected chi connectivity index (χ3v) is 2.26. The van der Waals surface area contributed by atoms with Crippen LogP contribution < -0.4 is 4.90 Å². The van der Waals surface area contributed by atoms with Crippen molar-refractivity contribution in [2.24, 2.45) is 7.05 Å². The van der Waals surface area contributed by atoms with E-state index in [0.29, 0.717) is 17.1 Å². The van der Waals surface area contributed by atoms with Gasteiger partial charge in [0.05, 0.1) is 12.8 Å². The number of rotatable bonds is 3. The summed E-state index contributed by atoms with van der Waals surface area (Å²) in [5.74, 6) is 0.260. The zero-order valence-corrected chi connectivity index (χ0v) is 9.81. The van der Waals surface area contributed by atoms with Crippen molar-refractivity contribution in [3.8, 4) is 6.07 Å². The molecule has 1 heterocycles. The van der Waals surface area contributed by atoms with Crippen LogP contribution >= 0.6 is 0 Å². The highest BCUT2D eigenvalue weighted by atomic mass is 16.5. The van der Waals surface area contributed by atoms with E-state index in [9.17, 15) is 4.79 Å². The van der Waals surface area contributed by atoms with Gasteiger partial charge in [0, 0.05) is 14.1 Å². The molecule has 6 heteroatoms. The summed E-state index contributed by atoms with van der Waals surface area (Å²) in [6, 6.07) is 2.08. The molecule has 0 amide bonds. The number of anilines is 1. The van der Waals surface area contributed by atoms with Crippen LogP contribution in [0, 0.1) is 18.3 Å². The normalized spacial score (nSPS) is 9.69. The van der Waals surface area contributed by atoms with Crippen molar-refractivity contribution in [2.75, 3.05) is 25.6 Å². The van der Waals surface area contributed by atoms with Crippen LogP contribution in [0.4, 0.5) is 5.82 Å². The quantitative estimate of drug-likeness (QED) is 0.684. The molecule has 16 heavy (non-hydrogen) atoms. The zero-order chi connectivity index (χ0) is 12.3. The van der Waals surface area contributed by atoms with E-state index >= 15 is 0 Å². The van der Waals surface area contributed by atoms with Gasteiger partial charge in [-0.15, -0.1) is 0 Å². The molecule has 0 atom stereocenters. The molecule has 1 rings (SSSR count). The number of hydrogen-bond donors (Lipinski definition) is 0. The molecule has 0 spiro atoms. The average Bonchev–Trinajstić information content (AvgIpc) is 2.52. The maximum Gasteiger partial charge on any atom is 0.325 e. The van der Waals surface area contributed by atoms with E-state index in [1.165, 1.54) is 7.11 Å². The summed E-state index contributed by atoms with van der Waals surface area (Å²) >= 11 is 0. The summed E-state index contributed by atoms with van der Waals surface area (Å²) in [6.45, 7) is 1.85. The predicted octanol–water partition coefficient (Wildman–Crippen LogP) is 0.209. The molecule has 0 aromatic carbocycles. The second kappa shape index (κ2) is 4.66. The number of esters is 1. The van der Waals surface area contributed by atoms with Crippen LogP contribution in [0.15, 0.2) is 0 Å². The highest BCUT2D eigenvalue weighted by molar-refractivity contribution is 5.76. The van der Waals surface area contributed by atoms with E-state index in [4.69, 9.17) is 5.26 Å². The van der Waals surface area contributed by atoms with Gasteiger partial charge in [-0.05, 0) is 6.92 Å². The van der Waals surface area contributed by atoms with Gasteiger partial charge in [-0.1, -0.05) is 0 Å². The number of ether oxygens (including phenoxy) is 1. The smallest absolute Gasteiger partial charge is 0.325 e. The average molecular weight is 222 g/mol. The van der Waals surface area contributed by atoms with Crippen LogP contribution in [0.25, 0.3) is 0 Å². The van der Waals surface area contributed by atoms with Gasteiger partial charge in [0.15, 0.2) is 0 Å². The van der Waals surface area contributed by atoms with E-state index in [1.807, 2.05) is 0 Å². The lowest BCUT2D eigenvalue weighted by Gasteiger charge is -2.17. The Labute approximate surface area is 94.0 Å². The van der Waals surface area contributed by atoms with Gasteiger partial charge in [-0.2, -0.15) is 10.4 Å². The number of carbonyl (C=O) groups is 1. The Balaban J connectivity index is 3.04. The maximum absolute atomic E-state index is 11.1. The Morgan fingerprint density at radius 1 is 1.69 bits per heavy atom. The first kappa shape index (κ1) is 12.0. The third-order valence-electron chi connectivity index (χ3n) is 2.26. The Morgan fingerprint density at radius 2 is 2.31 bits per heavy atom. The summed E-state index contributed by atoms with van der Waals surface area (Å²) < 4.78 is 6.15. The van der Waals surface area contributed by atoms with Crippen molar-refractivity contribution in [2.45, 2.75) is 6.92 Å². The molecule has 0 N–H and O–H groups in total. The SMILES string of the molecule is COC(=O)CN(C)c1c(C#N)c(C)nn1C. The van der Waals surface area contributed by atoms with Crippen LogP contribution in [-0.2, 0) is 16.6 Å². The van der Waals surface area contributed by atoms with Crippen molar-refractivity contribution in [1.82, 2.24) is 9.78 Å². The Hall–Kier alpha value is -2.03. The van der Waals surface area contributed by atoms with E-state index in [0.717, 1.165) is 0 Å². The second-order valence-electron chi connectivity index (χ2n) is 3.45. The van der Waals surface area contributed by atoms with Crippen molar-refractivity contribution in [1.29, 1.82) is 5.26 Å². The number of methoxy groups -OCH3 is 1. The fraction of sp³-hybridized carbons (Fsp3) is 0.500. The molecule has 1 aromatic rings. The van der Waals surface area contributed by atoms with Gasteiger partial charge >= 0.3 is 5.97 Å². The van der Waals surface area contributed by atoms with Crippen molar-refractivity contribution in [3.05, 3.63) is 11.3 Å². The molecular weight excluding hydrogens is 208 g/mol. The first-order valence-electron chi connectivity index (χ1n) is 4.73. The molecule has 0 saturated heterocycles. The third kappa shape index (κ3) is 2.14. The van der Waals surface area contributed by atoms with Crippen LogP contribution in [0.5, 0.6) is 0 Å². The van der Waals surface area contributed by atoms with E-state index in [-0.39, 0.29) is 12.5 Å². The molecule has 86 valence electrons. The lowest BCUT2D eigenvalue weighted by molar-refractivity contribution is -0.138. The summed E-state index contributed by atoms with van der Waals surface area (Å²) in [6.07, 6.45) is 0. The topological polar surface area (TPSA) is 71.2 Å². The standard InChI is InChI=1S/C10H14N4O2/c1-7-8(5-11)10(14(3)12-7)13(2)6-9(15)16-4/h6H2,1-4H3. The van der Waals surface area contributed by atoms with Gasteiger partial charge in [0.25, 0.3) is 0 Å². The van der Waals surface area contributed by atoms with Gasteiger partial charge < -0.3 is 9.64 Å². The number of hydrogen-bond acceptors (Lipinski definition) is 5. The van der Waals surface area contributed by atoms with Gasteiger partial charge in [-0.25, -0.2) is 0 Å². The van der Waals surface area contributed by atoms with Crippen LogP contribution in [0.1, 0.15) is 11.3 Å². The molecule has 0 aliphatic carbocycles. The van der Waals surface area contributed by atoms with Crippen molar-refractivity contribution in [3.63, 3.8) is 0 Å². The highest BCUT2D eigenvalue weighted by Gasteiger charge is 2.18. The summed E-state index contributed by atoms with van der Waals surface area (Å²) in [4.78, 5) is 12.8. The molecule has 0 radical (unpaired) electrons. The molecular formula is C10H14N4O2. The highest BCUT2D eigenvalue weighted by Crippen LogP contribution is 2.20. The summed E-state index contributed by atoms with van der Waals surface area (Å²) in [5.41, 5.74) is 1.13. The molecule has 1 aromatic heterocycles. The zero-order valence-electron chi connectivity index (χ0n) is 9.81. The van der Waals surface area contributed by atoms with E-state index in [1.54, 1.807) is 30.6 Å². The Morgan fingerprint density at radius 3 is 2.81 bits per heavy atom. The summed E-state index contributed by atoms with van der Waals surface area (Å²) in [5, 5.41) is 13.1. The fourth-order valence-electron chi connectivity index (χ4n) is 1.55. The molecule has 0 saturated carbocycles. The number of nitrogens with zero attached hydrogens (tertiary/aromatic N) is 4. The number of carbonyl (C=O) groups excluding carboxylic acids is 1. The van der Waals surface area contributed by atoms with Gasteiger partial charge in [0.2, 0.25) is 0 Å². The molecule has 0 unspecified atom stereocenters. The Kier molecular flexibility index (Phi) is 3.51. The maximum atomic E-state index is 11.1. The fourth-order valence-corrected chi connectivity index (χ4v) is 1.55. The predicted molar refractivity (Wildman–Crippen MR) is 57.9 cm³/mol. The number of likely N-dealkylation sites (N-methyl/N-ethyl adjacent to an activating group) is 1. The van der Waals surface area contributed by atoms with Gasteiger partial charge in [0.1, 0.15) is 24.0 Å². The van der Waals surface area contributed by atoms with Crippen molar-refractivity contribution < 1.29 is 9.53 Å². The van der Waals surface area contributed by atoms with Crippen molar-refractivity contribution >= 4 is 11.8 Å². The first-order chi connectivity index (χ1) is 7.51. The van der Waals surface area contributed by atoms with Crippen LogP contribution in [0.2, 0.25) is 0 Å². The van der Waals surface area contributed by atoms with Crippen LogP contribution in [0.3, 0.4) is 0 Å². The lowest BCUT2D eigenvalue weighted by atomic mass is 10.2.